The Labute approximate surface area is 190 Å². The fraction of sp³-hybridized carbons (Fsp3) is 0.696. The number of amides is 1. The van der Waals surface area contributed by atoms with Gasteiger partial charge in [0.15, 0.2) is 0 Å². The number of nitrogens with zero attached hydrogens (tertiary/aromatic N) is 3. The first-order valence-electron chi connectivity index (χ1n) is 11.3. The van der Waals surface area contributed by atoms with Crippen molar-refractivity contribution < 1.29 is 28.8 Å². The van der Waals surface area contributed by atoms with Crippen LogP contribution in [0.25, 0.3) is 0 Å². The second kappa shape index (κ2) is 13.1. The highest BCUT2D eigenvalue weighted by atomic mass is 16.5. The van der Waals surface area contributed by atoms with E-state index < -0.39 is 6.10 Å². The Morgan fingerprint density at radius 2 is 1.81 bits per heavy atom. The monoisotopic (exact) mass is 451 g/mol. The van der Waals surface area contributed by atoms with Crippen molar-refractivity contribution in [2.24, 2.45) is 0 Å². The smallest absolute Gasteiger partial charge is 0.254 e. The van der Waals surface area contributed by atoms with E-state index in [0.717, 1.165) is 32.8 Å². The number of carbonyl (C=O) groups is 1. The Morgan fingerprint density at radius 3 is 2.50 bits per heavy atom. The summed E-state index contributed by atoms with van der Waals surface area (Å²) in [5.41, 5.74) is 0.607. The van der Waals surface area contributed by atoms with Gasteiger partial charge in [0.05, 0.1) is 45.7 Å². The van der Waals surface area contributed by atoms with Crippen LogP contribution >= 0.6 is 0 Å². The second-order valence-corrected chi connectivity index (χ2v) is 8.29. The third-order valence-corrected chi connectivity index (χ3v) is 5.88. The molecule has 3 rings (SSSR count). The number of rotatable bonds is 11. The third kappa shape index (κ3) is 7.68. The van der Waals surface area contributed by atoms with Crippen molar-refractivity contribution >= 4 is 5.91 Å². The van der Waals surface area contributed by atoms with E-state index in [1.807, 2.05) is 0 Å². The number of carbonyl (C=O) groups excluding carboxylic acids is 1. The summed E-state index contributed by atoms with van der Waals surface area (Å²) in [6, 6.07) is 7.13. The number of benzene rings is 1. The van der Waals surface area contributed by atoms with Crippen LogP contribution < -0.4 is 4.74 Å². The number of hydrogen-bond acceptors (Lipinski definition) is 8. The van der Waals surface area contributed by atoms with E-state index in [0.29, 0.717) is 57.3 Å². The molecule has 2 fully saturated rings. The molecule has 180 valence electrons. The molecule has 1 aromatic rings. The lowest BCUT2D eigenvalue weighted by atomic mass is 10.1. The van der Waals surface area contributed by atoms with Gasteiger partial charge in [0.2, 0.25) is 0 Å². The zero-order valence-electron chi connectivity index (χ0n) is 19.3. The summed E-state index contributed by atoms with van der Waals surface area (Å²) in [4.78, 5) is 19.4. The Bertz CT molecular complexity index is 683. The molecule has 2 aliphatic heterocycles. The number of aliphatic hydroxyl groups is 1. The SMILES string of the molecule is COCCN(C[C@@H]1CN(C[C@@H](O)CN2CCOCC2)CCO1)C(=O)c1ccc(OC)cc1. The molecular weight excluding hydrogens is 414 g/mol. The molecule has 2 aliphatic rings. The number of methoxy groups -OCH3 is 2. The summed E-state index contributed by atoms with van der Waals surface area (Å²) in [6.45, 7) is 7.91. The molecule has 0 unspecified atom stereocenters. The molecule has 9 nitrogen and oxygen atoms in total. The molecule has 9 heteroatoms. The van der Waals surface area contributed by atoms with Gasteiger partial charge in [-0.2, -0.15) is 0 Å². The van der Waals surface area contributed by atoms with Crippen molar-refractivity contribution in [1.29, 1.82) is 0 Å². The van der Waals surface area contributed by atoms with Gasteiger partial charge in [-0.15, -0.1) is 0 Å². The molecule has 1 N–H and O–H groups in total. The Kier molecular flexibility index (Phi) is 10.2. The van der Waals surface area contributed by atoms with E-state index >= 15 is 0 Å². The van der Waals surface area contributed by atoms with Crippen LogP contribution in [0.1, 0.15) is 10.4 Å². The van der Waals surface area contributed by atoms with Gasteiger partial charge < -0.3 is 29.0 Å². The lowest BCUT2D eigenvalue weighted by Crippen LogP contribution is -2.52. The zero-order chi connectivity index (χ0) is 22.8. The number of morpholine rings is 2. The predicted molar refractivity (Wildman–Crippen MR) is 120 cm³/mol. The van der Waals surface area contributed by atoms with Crippen molar-refractivity contribution in [3.63, 3.8) is 0 Å². The van der Waals surface area contributed by atoms with E-state index in [4.69, 9.17) is 18.9 Å². The Hall–Kier alpha value is -1.75. The van der Waals surface area contributed by atoms with Crippen LogP contribution in [0, 0.1) is 0 Å². The molecule has 2 heterocycles. The summed E-state index contributed by atoms with van der Waals surface area (Å²) in [7, 11) is 3.23. The standard InChI is InChI=1S/C23H37N3O6/c1-29-11-10-26(23(28)19-3-5-21(30-2)6-4-19)18-22-17-25(9-14-32-22)16-20(27)15-24-7-12-31-13-8-24/h3-6,20,22,27H,7-18H2,1-2H3/t20-,22-/m0/s1. The van der Waals surface area contributed by atoms with Crippen molar-refractivity contribution in [3.05, 3.63) is 29.8 Å². The fourth-order valence-electron chi connectivity index (χ4n) is 4.13. The normalized spacial score (nSPS) is 21.3. The lowest BCUT2D eigenvalue weighted by molar-refractivity contribution is -0.0564. The molecule has 1 aromatic carbocycles. The second-order valence-electron chi connectivity index (χ2n) is 8.29. The van der Waals surface area contributed by atoms with Gasteiger partial charge in [0.25, 0.3) is 5.91 Å². The first-order valence-corrected chi connectivity index (χ1v) is 11.3. The molecule has 32 heavy (non-hydrogen) atoms. The lowest BCUT2D eigenvalue weighted by Gasteiger charge is -2.37. The molecule has 1 amide bonds. The minimum atomic E-state index is -0.419. The highest BCUT2D eigenvalue weighted by molar-refractivity contribution is 5.94. The topological polar surface area (TPSA) is 83.9 Å². The molecular formula is C23H37N3O6. The predicted octanol–water partition coefficient (Wildman–Crippen LogP) is 0.178. The molecule has 2 saturated heterocycles. The average molecular weight is 452 g/mol. The van der Waals surface area contributed by atoms with Crippen LogP contribution in [-0.2, 0) is 14.2 Å². The zero-order valence-corrected chi connectivity index (χ0v) is 19.3. The molecule has 0 aliphatic carbocycles. The molecule has 0 spiro atoms. The maximum absolute atomic E-state index is 13.1. The highest BCUT2D eigenvalue weighted by Crippen LogP contribution is 2.15. The number of aliphatic hydroxyl groups excluding tert-OH is 1. The van der Waals surface area contributed by atoms with Crippen molar-refractivity contribution in [3.8, 4) is 5.75 Å². The number of β-amino-alcohol motifs (C(OH)–C–C–N with tert-alkyl or cyclic N) is 1. The summed E-state index contributed by atoms with van der Waals surface area (Å²) in [5.74, 6) is 0.657. The summed E-state index contributed by atoms with van der Waals surface area (Å²) in [6.07, 6.45) is -0.532. The van der Waals surface area contributed by atoms with E-state index in [1.165, 1.54) is 0 Å². The fourth-order valence-corrected chi connectivity index (χ4v) is 4.13. The molecule has 0 aromatic heterocycles. The van der Waals surface area contributed by atoms with E-state index in [1.54, 1.807) is 43.4 Å². The summed E-state index contributed by atoms with van der Waals surface area (Å²) in [5, 5.41) is 10.6. The van der Waals surface area contributed by atoms with Crippen molar-refractivity contribution in [2.75, 3.05) is 93.0 Å². The Balaban J connectivity index is 1.53. The van der Waals surface area contributed by atoms with E-state index in [9.17, 15) is 9.90 Å². The minimum Gasteiger partial charge on any atom is -0.497 e. The third-order valence-electron chi connectivity index (χ3n) is 5.88. The quantitative estimate of drug-likeness (QED) is 0.510. The first kappa shape index (κ1) is 24.9. The van der Waals surface area contributed by atoms with Gasteiger partial charge in [-0.3, -0.25) is 14.6 Å². The molecule has 0 saturated carbocycles. The molecule has 0 radical (unpaired) electrons. The highest BCUT2D eigenvalue weighted by Gasteiger charge is 2.27. The van der Waals surface area contributed by atoms with Gasteiger partial charge in [-0.25, -0.2) is 0 Å². The largest absolute Gasteiger partial charge is 0.497 e. The Morgan fingerprint density at radius 1 is 1.12 bits per heavy atom. The van der Waals surface area contributed by atoms with Crippen LogP contribution in [-0.4, -0.2) is 131 Å². The van der Waals surface area contributed by atoms with Gasteiger partial charge in [0.1, 0.15) is 5.75 Å². The maximum Gasteiger partial charge on any atom is 0.254 e. The van der Waals surface area contributed by atoms with E-state index in [2.05, 4.69) is 9.80 Å². The molecule has 0 bridgehead atoms. The van der Waals surface area contributed by atoms with Crippen LogP contribution in [0.3, 0.4) is 0 Å². The van der Waals surface area contributed by atoms with Crippen LogP contribution in [0.5, 0.6) is 5.75 Å². The van der Waals surface area contributed by atoms with Crippen LogP contribution in [0.2, 0.25) is 0 Å². The van der Waals surface area contributed by atoms with E-state index in [-0.39, 0.29) is 12.0 Å². The van der Waals surface area contributed by atoms with Gasteiger partial charge in [0, 0.05) is 65.0 Å². The number of hydrogen-bond donors (Lipinski definition) is 1. The first-order chi connectivity index (χ1) is 15.6. The van der Waals surface area contributed by atoms with Crippen LogP contribution in [0.4, 0.5) is 0 Å². The average Bonchev–Trinajstić information content (AvgIpc) is 2.82. The van der Waals surface area contributed by atoms with Crippen LogP contribution in [0.15, 0.2) is 24.3 Å². The van der Waals surface area contributed by atoms with Crippen molar-refractivity contribution in [2.45, 2.75) is 12.2 Å². The maximum atomic E-state index is 13.1. The molecule has 2 atom stereocenters. The summed E-state index contributed by atoms with van der Waals surface area (Å²) < 4.78 is 21.7. The van der Waals surface area contributed by atoms with Gasteiger partial charge >= 0.3 is 0 Å². The van der Waals surface area contributed by atoms with Gasteiger partial charge in [-0.1, -0.05) is 0 Å². The minimum absolute atomic E-state index is 0.0576. The van der Waals surface area contributed by atoms with Gasteiger partial charge in [-0.05, 0) is 24.3 Å². The number of ether oxygens (including phenoxy) is 4. The summed E-state index contributed by atoms with van der Waals surface area (Å²) >= 11 is 0. The van der Waals surface area contributed by atoms with Crippen molar-refractivity contribution in [1.82, 2.24) is 14.7 Å².